The number of aromatic nitrogens is 4. The molecule has 0 saturated carbocycles. The number of H-pyrrole nitrogens is 1. The first-order valence-electron chi connectivity index (χ1n) is 3.91. The molecule has 1 aromatic heterocycles. The highest BCUT2D eigenvalue weighted by Gasteiger charge is 2.13. The largest absolute Gasteiger partial charge is 0.508 e. The number of benzene rings is 1. The van der Waals surface area contributed by atoms with Crippen molar-refractivity contribution in [2.75, 3.05) is 0 Å². The third-order valence-electron chi connectivity index (χ3n) is 1.77. The van der Waals surface area contributed by atoms with Crippen molar-refractivity contribution >= 4 is 11.0 Å². The summed E-state index contributed by atoms with van der Waals surface area (Å²) in [6, 6.07) is 4.23. The van der Waals surface area contributed by atoms with E-state index in [1.165, 1.54) is 18.2 Å². The first-order chi connectivity index (χ1) is 7.18. The van der Waals surface area contributed by atoms with E-state index >= 15 is 0 Å². The second kappa shape index (κ2) is 3.75. The Balaban J connectivity index is 2.63. The maximum Gasteiger partial charge on any atom is 0.206 e. The van der Waals surface area contributed by atoms with Crippen LogP contribution in [-0.2, 0) is 11.0 Å². The number of nitrogens with zero attached hydrogens (tertiary/aromatic N) is 3. The van der Waals surface area contributed by atoms with E-state index in [1.54, 1.807) is 0 Å². The number of nitrogens with one attached hydrogen (secondary N) is 1. The number of phenols is 1. The number of tetrazole rings is 1. The van der Waals surface area contributed by atoms with Crippen LogP contribution in [-0.4, -0.2) is 29.9 Å². The second-order valence-corrected chi connectivity index (χ2v) is 3.75. The van der Waals surface area contributed by atoms with Crippen LogP contribution >= 0.6 is 0 Å². The van der Waals surface area contributed by atoms with E-state index in [1.807, 2.05) is 0 Å². The SMILES string of the molecule is NS(=O)c1ccc(O)cc1-c1nn[nH]n1. The minimum Gasteiger partial charge on any atom is -0.508 e. The van der Waals surface area contributed by atoms with Gasteiger partial charge in [0, 0.05) is 5.56 Å². The van der Waals surface area contributed by atoms with Crippen molar-refractivity contribution in [3.63, 3.8) is 0 Å². The van der Waals surface area contributed by atoms with Crippen LogP contribution in [0, 0.1) is 0 Å². The van der Waals surface area contributed by atoms with Gasteiger partial charge in [-0.1, -0.05) is 0 Å². The summed E-state index contributed by atoms with van der Waals surface area (Å²) < 4.78 is 11.2. The van der Waals surface area contributed by atoms with E-state index in [-0.39, 0.29) is 11.6 Å². The summed E-state index contributed by atoms with van der Waals surface area (Å²) in [5.74, 6) is 0.253. The Morgan fingerprint density at radius 1 is 1.47 bits per heavy atom. The Hall–Kier alpha value is -1.80. The van der Waals surface area contributed by atoms with Gasteiger partial charge in [-0.2, -0.15) is 5.21 Å². The highest BCUT2D eigenvalue weighted by atomic mass is 32.2. The molecule has 0 amide bonds. The fraction of sp³-hybridized carbons (Fsp3) is 0. The fourth-order valence-electron chi connectivity index (χ4n) is 1.14. The van der Waals surface area contributed by atoms with Gasteiger partial charge in [0.05, 0.1) is 4.90 Å². The lowest BCUT2D eigenvalue weighted by Crippen LogP contribution is -2.04. The normalized spacial score (nSPS) is 12.6. The Morgan fingerprint density at radius 3 is 2.87 bits per heavy atom. The molecule has 0 radical (unpaired) electrons. The van der Waals surface area contributed by atoms with Gasteiger partial charge in [0.2, 0.25) is 5.82 Å². The van der Waals surface area contributed by atoms with Crippen molar-refractivity contribution in [2.24, 2.45) is 5.14 Å². The molecule has 2 rings (SSSR count). The van der Waals surface area contributed by atoms with Gasteiger partial charge in [-0.15, -0.1) is 10.2 Å². The quantitative estimate of drug-likeness (QED) is 0.640. The summed E-state index contributed by atoms with van der Waals surface area (Å²) >= 11 is 0. The number of hydrogen-bond acceptors (Lipinski definition) is 5. The lowest BCUT2D eigenvalue weighted by molar-refractivity contribution is 0.475. The number of rotatable bonds is 2. The summed E-state index contributed by atoms with van der Waals surface area (Å²) in [4.78, 5) is 0.342. The van der Waals surface area contributed by atoms with E-state index < -0.39 is 11.0 Å². The molecule has 0 spiro atoms. The zero-order chi connectivity index (χ0) is 10.8. The smallest absolute Gasteiger partial charge is 0.206 e. The molecule has 0 aliphatic heterocycles. The average Bonchev–Trinajstić information content (AvgIpc) is 2.69. The van der Waals surface area contributed by atoms with Crippen LogP contribution in [0.5, 0.6) is 5.75 Å². The van der Waals surface area contributed by atoms with E-state index in [2.05, 4.69) is 20.6 Å². The third-order valence-corrected chi connectivity index (χ3v) is 2.56. The molecule has 8 heteroatoms. The number of hydrogen-bond donors (Lipinski definition) is 3. The van der Waals surface area contributed by atoms with Crippen molar-refractivity contribution < 1.29 is 9.32 Å². The zero-order valence-corrected chi connectivity index (χ0v) is 8.23. The topological polar surface area (TPSA) is 118 Å². The maximum atomic E-state index is 11.2. The van der Waals surface area contributed by atoms with E-state index in [9.17, 15) is 9.32 Å². The minimum absolute atomic E-state index is 0.0176. The Morgan fingerprint density at radius 2 is 2.27 bits per heavy atom. The van der Waals surface area contributed by atoms with Gasteiger partial charge in [-0.05, 0) is 23.4 Å². The second-order valence-electron chi connectivity index (χ2n) is 2.71. The molecule has 4 N–H and O–H groups in total. The monoisotopic (exact) mass is 225 g/mol. The summed E-state index contributed by atoms with van der Waals surface area (Å²) in [7, 11) is -1.67. The predicted molar refractivity (Wildman–Crippen MR) is 51.9 cm³/mol. The molecule has 2 aromatic rings. The molecule has 0 aliphatic rings. The van der Waals surface area contributed by atoms with Crippen molar-refractivity contribution in [1.82, 2.24) is 20.6 Å². The van der Waals surface area contributed by atoms with Gasteiger partial charge >= 0.3 is 0 Å². The molecule has 0 aliphatic carbocycles. The number of aromatic hydroxyl groups is 1. The molecular weight excluding hydrogens is 218 g/mol. The van der Waals surface area contributed by atoms with Crippen LogP contribution in [0.15, 0.2) is 23.1 Å². The van der Waals surface area contributed by atoms with Gasteiger partial charge in [0.15, 0.2) is 0 Å². The molecule has 15 heavy (non-hydrogen) atoms. The lowest BCUT2D eigenvalue weighted by Gasteiger charge is -2.02. The van der Waals surface area contributed by atoms with Gasteiger partial charge in [-0.3, -0.25) is 0 Å². The highest BCUT2D eigenvalue weighted by Crippen LogP contribution is 2.25. The molecule has 1 atom stereocenters. The standard InChI is InChI=1S/C7H7N5O2S/c8-15(14)6-2-1-4(13)3-5(6)7-9-11-12-10-7/h1-3,13H,8H2,(H,9,10,11,12). The number of aromatic amines is 1. The first kappa shape index (κ1) is 9.74. The molecule has 1 heterocycles. The first-order valence-corrected chi connectivity index (χ1v) is 5.13. The van der Waals surface area contributed by atoms with Gasteiger partial charge in [0.25, 0.3) is 0 Å². The molecule has 0 bridgehead atoms. The Labute approximate surface area is 86.9 Å². The average molecular weight is 225 g/mol. The Bertz CT molecular complexity index is 498. The summed E-state index contributed by atoms with van der Waals surface area (Å²) in [5, 5.41) is 27.6. The summed E-state index contributed by atoms with van der Waals surface area (Å²) in [5.41, 5.74) is 0.393. The van der Waals surface area contributed by atoms with Crippen molar-refractivity contribution in [3.8, 4) is 17.1 Å². The zero-order valence-electron chi connectivity index (χ0n) is 7.41. The molecule has 1 aromatic carbocycles. The molecule has 0 saturated heterocycles. The minimum atomic E-state index is -1.67. The van der Waals surface area contributed by atoms with E-state index in [4.69, 9.17) is 5.14 Å². The van der Waals surface area contributed by atoms with Crippen LogP contribution < -0.4 is 5.14 Å². The number of nitrogens with two attached hydrogens (primary N) is 1. The fourth-order valence-corrected chi connectivity index (χ4v) is 1.71. The van der Waals surface area contributed by atoms with Crippen molar-refractivity contribution in [2.45, 2.75) is 4.90 Å². The van der Waals surface area contributed by atoms with Crippen molar-refractivity contribution in [3.05, 3.63) is 18.2 Å². The van der Waals surface area contributed by atoms with Crippen LogP contribution in [0.25, 0.3) is 11.4 Å². The van der Waals surface area contributed by atoms with E-state index in [0.717, 1.165) is 0 Å². The summed E-state index contributed by atoms with van der Waals surface area (Å²) in [6.07, 6.45) is 0. The van der Waals surface area contributed by atoms with Crippen LogP contribution in [0.4, 0.5) is 0 Å². The van der Waals surface area contributed by atoms with Crippen molar-refractivity contribution in [1.29, 1.82) is 0 Å². The molecule has 7 nitrogen and oxygen atoms in total. The predicted octanol–water partition coefficient (Wildman–Crippen LogP) is -0.446. The van der Waals surface area contributed by atoms with Crippen LogP contribution in [0.3, 0.4) is 0 Å². The lowest BCUT2D eigenvalue weighted by atomic mass is 10.2. The number of phenolic OH excluding ortho intramolecular Hbond substituents is 1. The Kier molecular flexibility index (Phi) is 2.44. The van der Waals surface area contributed by atoms with E-state index in [0.29, 0.717) is 10.5 Å². The molecule has 0 fully saturated rings. The third kappa shape index (κ3) is 1.85. The van der Waals surface area contributed by atoms with Gasteiger partial charge in [-0.25, -0.2) is 9.35 Å². The van der Waals surface area contributed by atoms with Crippen LogP contribution in [0.2, 0.25) is 0 Å². The molecule has 78 valence electrons. The summed E-state index contributed by atoms with van der Waals surface area (Å²) in [6.45, 7) is 0. The molecule has 1 unspecified atom stereocenters. The van der Waals surface area contributed by atoms with Gasteiger partial charge < -0.3 is 5.11 Å². The van der Waals surface area contributed by atoms with Gasteiger partial charge in [0.1, 0.15) is 16.7 Å². The maximum absolute atomic E-state index is 11.2. The highest BCUT2D eigenvalue weighted by molar-refractivity contribution is 7.82. The molecular formula is C7H7N5O2S. The van der Waals surface area contributed by atoms with Crippen LogP contribution in [0.1, 0.15) is 0 Å².